The minimum absolute atomic E-state index is 0.00563. The van der Waals surface area contributed by atoms with Crippen molar-refractivity contribution in [1.82, 2.24) is 0 Å². The van der Waals surface area contributed by atoms with Crippen LogP contribution in [0.2, 0.25) is 0 Å². The second kappa shape index (κ2) is 23.9. The lowest BCUT2D eigenvalue weighted by Crippen LogP contribution is -2.30. The van der Waals surface area contributed by atoms with E-state index in [0.717, 1.165) is 17.2 Å². The van der Waals surface area contributed by atoms with Gasteiger partial charge in [0.1, 0.15) is 29.6 Å². The lowest BCUT2D eigenvalue weighted by molar-refractivity contribution is -0.0106. The quantitative estimate of drug-likeness (QED) is 0.0542. The Hall–Kier alpha value is -6.40. The number of hydrogen-bond acceptors (Lipinski definition) is 12. The van der Waals surface area contributed by atoms with E-state index < -0.39 is 49.2 Å². The van der Waals surface area contributed by atoms with Gasteiger partial charge in [0, 0.05) is 25.0 Å². The molecule has 0 radical (unpaired) electrons. The van der Waals surface area contributed by atoms with Crippen LogP contribution in [0.4, 0.5) is 0 Å². The van der Waals surface area contributed by atoms with E-state index in [-0.39, 0.29) is 53.3 Å². The number of hydrogen-bond donors (Lipinski definition) is 2. The fraction of sp³-hybridized carbons (Fsp3) is 0.296. The molecule has 0 amide bonds. The number of ether oxygens (including phenoxy) is 6. The van der Waals surface area contributed by atoms with Crippen molar-refractivity contribution >= 4 is 32.1 Å². The average molecular weight is 996 g/mol. The molecule has 0 saturated heterocycles. The van der Waals surface area contributed by atoms with Gasteiger partial charge in [-0.05, 0) is 84.6 Å². The van der Waals surface area contributed by atoms with Gasteiger partial charge in [-0.2, -0.15) is 8.42 Å². The first-order valence-corrected chi connectivity index (χ1v) is 25.2. The van der Waals surface area contributed by atoms with E-state index in [1.54, 1.807) is 0 Å². The number of benzene rings is 6. The third-order valence-electron chi connectivity index (χ3n) is 11.6. The number of carbonyl (C=O) groups excluding carboxylic acids is 2. The van der Waals surface area contributed by atoms with Crippen LogP contribution in [-0.2, 0) is 49.9 Å². The Labute approximate surface area is 411 Å². The SMILES string of the molecule is COCC(COc1ccc(C(C)(C)c2ccc(C)cc2)cc1)OC(=O)c1ccccc1S(=O)(=O)O.COCC(COc1ccc(C(C)(C)c2ccc(C)cc2)cc1)OC(=O)c1ccccc1S(N)(=O)=O. The Morgan fingerprint density at radius 1 is 0.500 bits per heavy atom. The molecule has 0 bridgehead atoms. The molecule has 0 saturated carbocycles. The van der Waals surface area contributed by atoms with Crippen LogP contribution in [0.15, 0.2) is 155 Å². The third kappa shape index (κ3) is 14.8. The molecule has 0 aromatic heterocycles. The van der Waals surface area contributed by atoms with Crippen LogP contribution in [0.3, 0.4) is 0 Å². The number of aryl methyl sites for hydroxylation is 2. The van der Waals surface area contributed by atoms with Gasteiger partial charge in [-0.15, -0.1) is 0 Å². The zero-order valence-electron chi connectivity index (χ0n) is 40.6. The Morgan fingerprint density at radius 2 is 0.814 bits per heavy atom. The van der Waals surface area contributed by atoms with Gasteiger partial charge in [0.25, 0.3) is 10.1 Å². The molecule has 2 unspecified atom stereocenters. The summed E-state index contributed by atoms with van der Waals surface area (Å²) in [6.07, 6.45) is -1.56. The highest BCUT2D eigenvalue weighted by Gasteiger charge is 2.27. The maximum absolute atomic E-state index is 12.7. The molecule has 16 heteroatoms. The van der Waals surface area contributed by atoms with Gasteiger partial charge in [0.05, 0.1) is 29.2 Å². The molecule has 0 aliphatic rings. The van der Waals surface area contributed by atoms with Crippen LogP contribution in [0, 0.1) is 13.8 Å². The number of sulfonamides is 1. The number of primary sulfonamides is 1. The summed E-state index contributed by atoms with van der Waals surface area (Å²) in [6, 6.07) is 43.3. The molecule has 6 rings (SSSR count). The van der Waals surface area contributed by atoms with Crippen LogP contribution in [-0.4, -0.2) is 86.2 Å². The summed E-state index contributed by atoms with van der Waals surface area (Å²) in [5.74, 6) is -0.533. The molecule has 6 aromatic rings. The molecule has 372 valence electrons. The molecule has 0 fully saturated rings. The first-order valence-electron chi connectivity index (χ1n) is 22.2. The topological polar surface area (TPSA) is 204 Å². The van der Waals surface area contributed by atoms with Crippen molar-refractivity contribution in [3.63, 3.8) is 0 Å². The van der Waals surface area contributed by atoms with Crippen molar-refractivity contribution in [2.24, 2.45) is 5.14 Å². The fourth-order valence-corrected chi connectivity index (χ4v) is 8.77. The highest BCUT2D eigenvalue weighted by molar-refractivity contribution is 7.89. The van der Waals surface area contributed by atoms with E-state index in [1.807, 2.05) is 48.5 Å². The van der Waals surface area contributed by atoms with Gasteiger partial charge in [0.15, 0.2) is 12.2 Å². The number of rotatable bonds is 20. The fourth-order valence-electron chi connectivity index (χ4n) is 7.37. The highest BCUT2D eigenvalue weighted by atomic mass is 32.2. The first kappa shape index (κ1) is 54.5. The van der Waals surface area contributed by atoms with Crippen LogP contribution in [0.25, 0.3) is 0 Å². The molecule has 2 atom stereocenters. The van der Waals surface area contributed by atoms with Crippen molar-refractivity contribution in [3.05, 3.63) is 190 Å². The number of nitrogens with two attached hydrogens (primary N) is 1. The van der Waals surface area contributed by atoms with Crippen LogP contribution in [0.5, 0.6) is 11.5 Å². The molecule has 70 heavy (non-hydrogen) atoms. The maximum atomic E-state index is 12.7. The van der Waals surface area contributed by atoms with Gasteiger partial charge < -0.3 is 28.4 Å². The molecule has 0 aliphatic heterocycles. The Kier molecular flexibility index (Phi) is 18.7. The second-order valence-electron chi connectivity index (χ2n) is 17.6. The van der Waals surface area contributed by atoms with E-state index in [1.165, 1.54) is 78.9 Å². The van der Waals surface area contributed by atoms with Crippen molar-refractivity contribution in [2.45, 2.75) is 74.4 Å². The largest absolute Gasteiger partial charge is 0.490 e. The summed E-state index contributed by atoms with van der Waals surface area (Å²) >= 11 is 0. The van der Waals surface area contributed by atoms with E-state index >= 15 is 0 Å². The summed E-state index contributed by atoms with van der Waals surface area (Å²) in [6.45, 7) is 12.9. The lowest BCUT2D eigenvalue weighted by Gasteiger charge is -2.26. The van der Waals surface area contributed by atoms with E-state index in [9.17, 15) is 31.0 Å². The number of methoxy groups -OCH3 is 2. The highest BCUT2D eigenvalue weighted by Crippen LogP contribution is 2.34. The molecular weight excluding hydrogens is 935 g/mol. The predicted molar refractivity (Wildman–Crippen MR) is 267 cm³/mol. The van der Waals surface area contributed by atoms with Crippen molar-refractivity contribution < 1.29 is 59.4 Å². The number of carbonyl (C=O) groups is 2. The van der Waals surface area contributed by atoms with Crippen LogP contribution < -0.4 is 14.6 Å². The molecule has 0 heterocycles. The van der Waals surface area contributed by atoms with Crippen LogP contribution in [0.1, 0.15) is 81.8 Å². The summed E-state index contributed by atoms with van der Waals surface area (Å²) < 4.78 is 89.0. The van der Waals surface area contributed by atoms with Crippen LogP contribution >= 0.6 is 0 Å². The maximum Gasteiger partial charge on any atom is 0.340 e. The normalized spacial score (nSPS) is 12.7. The second-order valence-corrected chi connectivity index (χ2v) is 20.6. The van der Waals surface area contributed by atoms with Gasteiger partial charge >= 0.3 is 11.9 Å². The molecule has 0 aliphatic carbocycles. The molecular formula is C54H61NO13S2. The van der Waals surface area contributed by atoms with E-state index in [4.69, 9.17) is 33.6 Å². The number of esters is 2. The molecule has 14 nitrogen and oxygen atoms in total. The van der Waals surface area contributed by atoms with Gasteiger partial charge in [-0.1, -0.05) is 136 Å². The smallest absolute Gasteiger partial charge is 0.340 e. The molecule has 0 spiro atoms. The summed E-state index contributed by atoms with van der Waals surface area (Å²) in [4.78, 5) is 24.5. The minimum Gasteiger partial charge on any atom is -0.490 e. The Bertz CT molecular complexity index is 2700. The monoisotopic (exact) mass is 995 g/mol. The lowest BCUT2D eigenvalue weighted by atomic mass is 9.78. The van der Waals surface area contributed by atoms with Gasteiger partial charge in [-0.3, -0.25) is 4.55 Å². The van der Waals surface area contributed by atoms with E-state index in [0.29, 0.717) is 11.5 Å². The van der Waals surface area contributed by atoms with Crippen molar-refractivity contribution in [2.75, 3.05) is 40.6 Å². The standard InChI is InChI=1S/C27H31NO6S.C27H30O7S/c1-19-9-11-20(12-10-19)27(2,3)21-13-15-22(16-14-21)33-18-23(17-32-4)34-26(29)24-7-5-6-8-25(24)35(28,30)31;1-19-9-11-20(12-10-19)27(2,3)21-13-15-22(16-14-21)33-18-23(17-32-4)34-26(28)24-7-5-6-8-25(24)35(29,30)31/h5-16,23H,17-18H2,1-4H3,(H2,28,30,31);5-16,23H,17-18H2,1-4H3,(H,29,30,31). The zero-order valence-corrected chi connectivity index (χ0v) is 42.2. The minimum atomic E-state index is -4.58. The zero-order chi connectivity index (χ0) is 51.3. The Balaban J connectivity index is 0.000000261. The summed E-state index contributed by atoms with van der Waals surface area (Å²) in [5, 5.41) is 5.22. The first-order chi connectivity index (χ1) is 33.0. The van der Waals surface area contributed by atoms with Gasteiger partial charge in [-0.25, -0.2) is 23.1 Å². The van der Waals surface area contributed by atoms with E-state index in [2.05, 4.69) is 90.1 Å². The average Bonchev–Trinajstić information content (AvgIpc) is 3.33. The molecule has 3 N–H and O–H groups in total. The van der Waals surface area contributed by atoms with Gasteiger partial charge in [0.2, 0.25) is 10.0 Å². The molecule has 6 aromatic carbocycles. The van der Waals surface area contributed by atoms with Crippen molar-refractivity contribution in [3.8, 4) is 11.5 Å². The van der Waals surface area contributed by atoms with Crippen molar-refractivity contribution in [1.29, 1.82) is 0 Å². The Morgan fingerprint density at radius 3 is 1.14 bits per heavy atom. The summed E-state index contributed by atoms with van der Waals surface area (Å²) in [7, 11) is -5.74. The predicted octanol–water partition coefficient (Wildman–Crippen LogP) is 9.04. The third-order valence-corrected chi connectivity index (χ3v) is 13.5. The summed E-state index contributed by atoms with van der Waals surface area (Å²) in [5.41, 5.74) is 6.31.